The Bertz CT molecular complexity index is 297. The quantitative estimate of drug-likeness (QED) is 0.526. The van der Waals surface area contributed by atoms with Crippen molar-refractivity contribution in [2.45, 2.75) is 37.8 Å². The normalized spacial score (nSPS) is 21.4. The van der Waals surface area contributed by atoms with Gasteiger partial charge < -0.3 is 25.5 Å². The zero-order valence-electron chi connectivity index (χ0n) is 10.2. The predicted molar refractivity (Wildman–Crippen MR) is 63.1 cm³/mol. The molecule has 1 aliphatic heterocycles. The maximum Gasteiger partial charge on any atom is 0.332 e. The van der Waals surface area contributed by atoms with Gasteiger partial charge in [-0.25, -0.2) is 9.59 Å². The number of likely N-dealkylation sites (tertiary alicyclic amines) is 1. The number of urea groups is 1. The molecular weight excluding hydrogens is 240 g/mol. The highest BCUT2D eigenvalue weighted by molar-refractivity contribution is 5.75. The summed E-state index contributed by atoms with van der Waals surface area (Å²) in [5, 5.41) is 29.2. The molecule has 104 valence electrons. The Morgan fingerprint density at radius 1 is 1.39 bits per heavy atom. The summed E-state index contributed by atoms with van der Waals surface area (Å²) in [5.74, 6) is -1.30. The zero-order valence-corrected chi connectivity index (χ0v) is 10.2. The lowest BCUT2D eigenvalue weighted by Gasteiger charge is -2.34. The van der Waals surface area contributed by atoms with Gasteiger partial charge in [0.1, 0.15) is 0 Å². The van der Waals surface area contributed by atoms with Gasteiger partial charge in [0.05, 0.1) is 12.6 Å². The van der Waals surface area contributed by atoms with Crippen LogP contribution in [0, 0.1) is 0 Å². The lowest BCUT2D eigenvalue weighted by atomic mass is 10.0. The monoisotopic (exact) mass is 260 g/mol. The van der Waals surface area contributed by atoms with Crippen LogP contribution in [0.5, 0.6) is 0 Å². The second-order valence-corrected chi connectivity index (χ2v) is 4.40. The van der Waals surface area contributed by atoms with Gasteiger partial charge in [-0.05, 0) is 19.3 Å². The van der Waals surface area contributed by atoms with E-state index in [0.717, 1.165) is 19.3 Å². The van der Waals surface area contributed by atoms with Crippen molar-refractivity contribution in [3.05, 3.63) is 0 Å². The van der Waals surface area contributed by atoms with Gasteiger partial charge in [-0.15, -0.1) is 0 Å². The van der Waals surface area contributed by atoms with Crippen LogP contribution in [0.4, 0.5) is 4.79 Å². The first-order valence-electron chi connectivity index (χ1n) is 6.12. The van der Waals surface area contributed by atoms with E-state index in [1.54, 1.807) is 4.90 Å². The number of aliphatic carboxylic acids is 1. The number of carboxylic acids is 1. The molecule has 0 spiro atoms. The summed E-state index contributed by atoms with van der Waals surface area (Å²) < 4.78 is 0. The minimum Gasteiger partial charge on any atom is -0.479 e. The van der Waals surface area contributed by atoms with Gasteiger partial charge >= 0.3 is 12.0 Å². The summed E-state index contributed by atoms with van der Waals surface area (Å²) in [7, 11) is 0. The van der Waals surface area contributed by atoms with E-state index < -0.39 is 12.1 Å². The summed E-state index contributed by atoms with van der Waals surface area (Å²) in [6, 6.07) is -0.477. The van der Waals surface area contributed by atoms with Crippen LogP contribution in [-0.2, 0) is 4.79 Å². The minimum absolute atomic E-state index is 0.0291. The molecule has 4 N–H and O–H groups in total. The average molecular weight is 260 g/mol. The summed E-state index contributed by atoms with van der Waals surface area (Å²) in [6.07, 6.45) is 1.19. The van der Waals surface area contributed by atoms with Gasteiger partial charge in [0, 0.05) is 19.5 Å². The average Bonchev–Trinajstić information content (AvgIpc) is 2.38. The molecule has 0 saturated carbocycles. The van der Waals surface area contributed by atoms with Crippen LogP contribution in [0.25, 0.3) is 0 Å². The first kappa shape index (κ1) is 14.7. The van der Waals surface area contributed by atoms with Crippen molar-refractivity contribution in [1.29, 1.82) is 0 Å². The van der Waals surface area contributed by atoms with Crippen molar-refractivity contribution in [2.24, 2.45) is 0 Å². The summed E-state index contributed by atoms with van der Waals surface area (Å²) in [6.45, 7) is 0.630. The smallest absolute Gasteiger partial charge is 0.332 e. The highest BCUT2D eigenvalue weighted by Gasteiger charge is 2.25. The molecule has 1 fully saturated rings. The highest BCUT2D eigenvalue weighted by atomic mass is 16.4. The fourth-order valence-electron chi connectivity index (χ4n) is 2.00. The van der Waals surface area contributed by atoms with E-state index in [2.05, 4.69) is 5.32 Å². The van der Waals surface area contributed by atoms with Crippen LogP contribution in [-0.4, -0.2) is 64.1 Å². The van der Waals surface area contributed by atoms with Crippen molar-refractivity contribution in [3.8, 4) is 0 Å². The molecule has 0 radical (unpaired) electrons. The van der Waals surface area contributed by atoms with Crippen LogP contribution in [0.3, 0.4) is 0 Å². The molecule has 2 amide bonds. The highest BCUT2D eigenvalue weighted by Crippen LogP contribution is 2.16. The lowest BCUT2D eigenvalue weighted by Crippen LogP contribution is -2.50. The number of rotatable bonds is 5. The number of hydrogen-bond acceptors (Lipinski definition) is 4. The molecule has 18 heavy (non-hydrogen) atoms. The van der Waals surface area contributed by atoms with Crippen LogP contribution in [0.1, 0.15) is 25.7 Å². The fourth-order valence-corrected chi connectivity index (χ4v) is 2.00. The second kappa shape index (κ2) is 7.17. The summed E-state index contributed by atoms with van der Waals surface area (Å²) >= 11 is 0. The van der Waals surface area contributed by atoms with Crippen molar-refractivity contribution in [1.82, 2.24) is 10.2 Å². The molecule has 1 saturated heterocycles. The molecule has 1 aliphatic rings. The van der Waals surface area contributed by atoms with Crippen molar-refractivity contribution < 1.29 is 24.9 Å². The van der Waals surface area contributed by atoms with Gasteiger partial charge in [-0.2, -0.15) is 0 Å². The molecule has 0 aromatic carbocycles. The molecule has 0 aliphatic carbocycles. The molecular formula is C11H20N2O5. The molecule has 0 bridgehead atoms. The standard InChI is InChI=1S/C11H20N2O5/c14-7-8-3-1-2-6-13(8)11(18)12-5-4-9(15)10(16)17/h8-9,14-15H,1-7H2,(H,12,18)(H,16,17). The lowest BCUT2D eigenvalue weighted by molar-refractivity contribution is -0.146. The van der Waals surface area contributed by atoms with Crippen molar-refractivity contribution in [2.75, 3.05) is 19.7 Å². The number of carboxylic acid groups (broad SMARTS) is 1. The van der Waals surface area contributed by atoms with E-state index in [9.17, 15) is 9.59 Å². The first-order valence-corrected chi connectivity index (χ1v) is 6.12. The molecule has 7 nitrogen and oxygen atoms in total. The number of hydrogen-bond donors (Lipinski definition) is 4. The Hall–Kier alpha value is -1.34. The maximum absolute atomic E-state index is 11.8. The van der Waals surface area contributed by atoms with Crippen molar-refractivity contribution in [3.63, 3.8) is 0 Å². The van der Waals surface area contributed by atoms with Crippen molar-refractivity contribution >= 4 is 12.0 Å². The molecule has 2 atom stereocenters. The summed E-state index contributed by atoms with van der Waals surface area (Å²) in [5.41, 5.74) is 0. The molecule has 7 heteroatoms. The van der Waals surface area contributed by atoms with E-state index in [1.807, 2.05) is 0 Å². The van der Waals surface area contributed by atoms with E-state index in [-0.39, 0.29) is 31.6 Å². The van der Waals surface area contributed by atoms with Crippen LogP contribution < -0.4 is 5.32 Å². The Labute approximate surface area is 105 Å². The van der Waals surface area contributed by atoms with Gasteiger partial charge in [0.2, 0.25) is 0 Å². The number of aliphatic hydroxyl groups excluding tert-OH is 2. The van der Waals surface area contributed by atoms with Gasteiger partial charge in [-0.1, -0.05) is 0 Å². The Balaban J connectivity index is 2.33. The van der Waals surface area contributed by atoms with E-state index >= 15 is 0 Å². The maximum atomic E-state index is 11.8. The third-order valence-electron chi connectivity index (χ3n) is 3.08. The van der Waals surface area contributed by atoms with E-state index in [4.69, 9.17) is 15.3 Å². The van der Waals surface area contributed by atoms with E-state index in [1.165, 1.54) is 0 Å². The van der Waals surface area contributed by atoms with E-state index in [0.29, 0.717) is 6.54 Å². The number of piperidine rings is 1. The number of carbonyl (C=O) groups excluding carboxylic acids is 1. The topological polar surface area (TPSA) is 110 Å². The second-order valence-electron chi connectivity index (χ2n) is 4.40. The Morgan fingerprint density at radius 3 is 2.72 bits per heavy atom. The van der Waals surface area contributed by atoms with Gasteiger partial charge in [-0.3, -0.25) is 0 Å². The first-order chi connectivity index (χ1) is 8.56. The van der Waals surface area contributed by atoms with Gasteiger partial charge in [0.15, 0.2) is 6.10 Å². The SMILES string of the molecule is O=C(O)C(O)CCNC(=O)N1CCCCC1CO. The molecule has 1 rings (SSSR count). The number of amides is 2. The van der Waals surface area contributed by atoms with Crippen LogP contribution >= 0.6 is 0 Å². The number of nitrogens with zero attached hydrogens (tertiary/aromatic N) is 1. The number of carbonyl (C=O) groups is 2. The Morgan fingerprint density at radius 2 is 2.11 bits per heavy atom. The number of aliphatic hydroxyl groups is 2. The number of nitrogens with one attached hydrogen (secondary N) is 1. The third kappa shape index (κ3) is 4.15. The van der Waals surface area contributed by atoms with Gasteiger partial charge in [0.25, 0.3) is 0 Å². The summed E-state index contributed by atoms with van der Waals surface area (Å²) in [4.78, 5) is 23.7. The molecule has 2 unspecified atom stereocenters. The minimum atomic E-state index is -1.46. The molecule has 0 aromatic heterocycles. The fraction of sp³-hybridized carbons (Fsp3) is 0.818. The van der Waals surface area contributed by atoms with Crippen LogP contribution in [0.2, 0.25) is 0 Å². The molecule has 1 heterocycles. The Kier molecular flexibility index (Phi) is 5.87. The third-order valence-corrected chi connectivity index (χ3v) is 3.08. The zero-order chi connectivity index (χ0) is 13.5. The predicted octanol–water partition coefficient (Wildman–Crippen LogP) is -0.622. The largest absolute Gasteiger partial charge is 0.479 e. The molecule has 0 aromatic rings. The van der Waals surface area contributed by atoms with Crippen LogP contribution in [0.15, 0.2) is 0 Å².